The fourth-order valence-electron chi connectivity index (χ4n) is 1.38. The molecule has 1 aliphatic heterocycles. The molecule has 0 aromatic carbocycles. The first-order valence-electron chi connectivity index (χ1n) is 3.57. The number of rotatable bonds is 0. The van der Waals surface area contributed by atoms with Crippen molar-refractivity contribution in [3.8, 4) is 0 Å². The van der Waals surface area contributed by atoms with E-state index in [0.717, 1.165) is 25.2 Å². The Balaban J connectivity index is 2.30. The van der Waals surface area contributed by atoms with Crippen LogP contribution in [0.5, 0.6) is 0 Å². The molecule has 1 aliphatic carbocycles. The molecule has 0 aromatic heterocycles. The van der Waals surface area contributed by atoms with Gasteiger partial charge in [0.2, 0.25) is 0 Å². The summed E-state index contributed by atoms with van der Waals surface area (Å²) in [6, 6.07) is 0. The first-order chi connectivity index (χ1) is 4.86. The van der Waals surface area contributed by atoms with Crippen molar-refractivity contribution in [2.45, 2.75) is 12.8 Å². The Bertz CT molecular complexity index is 233. The minimum atomic E-state index is 0.863. The second-order valence-corrected chi connectivity index (χ2v) is 2.73. The van der Waals surface area contributed by atoms with Crippen LogP contribution in [0.3, 0.4) is 0 Å². The van der Waals surface area contributed by atoms with Gasteiger partial charge in [0.1, 0.15) is 5.76 Å². The summed E-state index contributed by atoms with van der Waals surface area (Å²) in [5.74, 6) is 1.09. The van der Waals surface area contributed by atoms with Crippen LogP contribution in [0.4, 0.5) is 0 Å². The molecule has 0 bridgehead atoms. The predicted molar refractivity (Wildman–Crippen MR) is 40.5 cm³/mol. The van der Waals surface area contributed by atoms with Gasteiger partial charge >= 0.3 is 0 Å². The maximum Gasteiger partial charge on any atom is 0.118 e. The van der Waals surface area contributed by atoms with Gasteiger partial charge in [-0.15, -0.1) is 0 Å². The summed E-state index contributed by atoms with van der Waals surface area (Å²) in [7, 11) is 0. The van der Waals surface area contributed by atoms with Crippen LogP contribution >= 0.6 is 0 Å². The molecule has 10 heavy (non-hydrogen) atoms. The van der Waals surface area contributed by atoms with Crippen molar-refractivity contribution >= 4 is 0 Å². The lowest BCUT2D eigenvalue weighted by molar-refractivity contribution is 0.257. The average molecular weight is 134 g/mol. The zero-order chi connectivity index (χ0) is 6.97. The summed E-state index contributed by atoms with van der Waals surface area (Å²) in [6.07, 6.45) is 6.17. The van der Waals surface area contributed by atoms with Gasteiger partial charge in [-0.05, 0) is 18.1 Å². The van der Waals surface area contributed by atoms with Crippen LogP contribution in [-0.4, -0.2) is 6.61 Å². The smallest absolute Gasteiger partial charge is 0.118 e. The number of ether oxygens (including phenoxy) is 1. The molecule has 0 aromatic rings. The number of hydrogen-bond donors (Lipinski definition) is 0. The topological polar surface area (TPSA) is 9.23 Å². The van der Waals surface area contributed by atoms with E-state index in [-0.39, 0.29) is 0 Å². The molecule has 0 saturated carbocycles. The molecule has 1 heteroatoms. The minimum Gasteiger partial charge on any atom is -0.493 e. The number of hydrogen-bond acceptors (Lipinski definition) is 1. The second-order valence-electron chi connectivity index (χ2n) is 2.73. The highest BCUT2D eigenvalue weighted by Crippen LogP contribution is 2.29. The highest BCUT2D eigenvalue weighted by Gasteiger charge is 2.16. The van der Waals surface area contributed by atoms with Crippen molar-refractivity contribution in [2.24, 2.45) is 0 Å². The molecule has 2 rings (SSSR count). The van der Waals surface area contributed by atoms with Crippen molar-refractivity contribution in [1.29, 1.82) is 0 Å². The largest absolute Gasteiger partial charge is 0.493 e. The van der Waals surface area contributed by atoms with Crippen LogP contribution in [0.25, 0.3) is 0 Å². The zero-order valence-electron chi connectivity index (χ0n) is 5.89. The molecule has 0 saturated heterocycles. The van der Waals surface area contributed by atoms with Gasteiger partial charge in [-0.1, -0.05) is 18.2 Å². The van der Waals surface area contributed by atoms with Crippen LogP contribution in [-0.2, 0) is 4.74 Å². The number of allylic oxidation sites excluding steroid dienone is 3. The maximum atomic E-state index is 5.36. The molecule has 0 N–H and O–H groups in total. The fourth-order valence-corrected chi connectivity index (χ4v) is 1.38. The summed E-state index contributed by atoms with van der Waals surface area (Å²) >= 11 is 0. The Kier molecular flexibility index (Phi) is 1.16. The predicted octanol–water partition coefficient (Wildman–Crippen LogP) is 2.18. The van der Waals surface area contributed by atoms with Gasteiger partial charge in [0.05, 0.1) is 6.61 Å². The third kappa shape index (κ3) is 0.783. The van der Waals surface area contributed by atoms with Crippen LogP contribution in [0.15, 0.2) is 35.6 Å². The molecule has 0 spiro atoms. The fraction of sp³-hybridized carbons (Fsp3) is 0.333. The molecular weight excluding hydrogens is 124 g/mol. The van der Waals surface area contributed by atoms with E-state index in [2.05, 4.69) is 6.58 Å². The van der Waals surface area contributed by atoms with Gasteiger partial charge < -0.3 is 4.74 Å². The van der Waals surface area contributed by atoms with Crippen LogP contribution in [0.1, 0.15) is 12.8 Å². The quantitative estimate of drug-likeness (QED) is 0.493. The molecule has 0 atom stereocenters. The van der Waals surface area contributed by atoms with Gasteiger partial charge in [-0.2, -0.15) is 0 Å². The molecular formula is C9H10O. The third-order valence-corrected chi connectivity index (χ3v) is 1.92. The third-order valence-electron chi connectivity index (χ3n) is 1.92. The first-order valence-corrected chi connectivity index (χ1v) is 3.57. The van der Waals surface area contributed by atoms with Crippen molar-refractivity contribution in [3.63, 3.8) is 0 Å². The monoisotopic (exact) mass is 134 g/mol. The molecule has 52 valence electrons. The SMILES string of the molecule is C=C1C=CC2=C(CCO2)C1. The first kappa shape index (κ1) is 5.78. The highest BCUT2D eigenvalue weighted by atomic mass is 16.5. The Labute approximate surface area is 60.7 Å². The van der Waals surface area contributed by atoms with E-state index < -0.39 is 0 Å². The van der Waals surface area contributed by atoms with Crippen molar-refractivity contribution in [3.05, 3.63) is 35.6 Å². The maximum absolute atomic E-state index is 5.36. The summed E-state index contributed by atoms with van der Waals surface area (Å²) < 4.78 is 5.36. The molecule has 0 unspecified atom stereocenters. The van der Waals surface area contributed by atoms with Crippen LogP contribution < -0.4 is 0 Å². The minimum absolute atomic E-state index is 0.863. The Morgan fingerprint density at radius 1 is 1.40 bits per heavy atom. The van der Waals surface area contributed by atoms with Crippen LogP contribution in [0, 0.1) is 0 Å². The zero-order valence-corrected chi connectivity index (χ0v) is 5.89. The lowest BCUT2D eigenvalue weighted by Crippen LogP contribution is -1.90. The van der Waals surface area contributed by atoms with Gasteiger partial charge in [-0.3, -0.25) is 0 Å². The highest BCUT2D eigenvalue weighted by molar-refractivity contribution is 5.37. The molecule has 1 heterocycles. The summed E-state index contributed by atoms with van der Waals surface area (Å²) in [6.45, 7) is 4.76. The molecule has 2 aliphatic rings. The van der Waals surface area contributed by atoms with E-state index in [1.165, 1.54) is 11.1 Å². The molecule has 0 amide bonds. The van der Waals surface area contributed by atoms with Crippen molar-refractivity contribution in [1.82, 2.24) is 0 Å². The molecule has 0 radical (unpaired) electrons. The van der Waals surface area contributed by atoms with E-state index in [9.17, 15) is 0 Å². The molecule has 0 fully saturated rings. The van der Waals surface area contributed by atoms with E-state index in [0.29, 0.717) is 0 Å². The van der Waals surface area contributed by atoms with Gasteiger partial charge in [0.25, 0.3) is 0 Å². The van der Waals surface area contributed by atoms with E-state index in [1.807, 2.05) is 12.2 Å². The van der Waals surface area contributed by atoms with Crippen molar-refractivity contribution < 1.29 is 4.74 Å². The van der Waals surface area contributed by atoms with E-state index >= 15 is 0 Å². The van der Waals surface area contributed by atoms with Crippen LogP contribution in [0.2, 0.25) is 0 Å². The lowest BCUT2D eigenvalue weighted by atomic mass is 9.99. The van der Waals surface area contributed by atoms with Crippen molar-refractivity contribution in [2.75, 3.05) is 6.61 Å². The van der Waals surface area contributed by atoms with Gasteiger partial charge in [-0.25, -0.2) is 0 Å². The normalized spacial score (nSPS) is 23.0. The second kappa shape index (κ2) is 2.01. The summed E-state index contributed by atoms with van der Waals surface area (Å²) in [4.78, 5) is 0. The standard InChI is InChI=1S/C9H10O/c1-7-2-3-9-8(6-7)4-5-10-9/h2-3H,1,4-6H2. The average Bonchev–Trinajstić information content (AvgIpc) is 2.33. The van der Waals surface area contributed by atoms with E-state index in [4.69, 9.17) is 4.74 Å². The summed E-state index contributed by atoms with van der Waals surface area (Å²) in [5, 5.41) is 0. The Hall–Kier alpha value is -0.980. The van der Waals surface area contributed by atoms with Gasteiger partial charge in [0.15, 0.2) is 0 Å². The lowest BCUT2D eigenvalue weighted by Gasteiger charge is -2.07. The molecule has 1 nitrogen and oxygen atoms in total. The van der Waals surface area contributed by atoms with Gasteiger partial charge in [0, 0.05) is 6.42 Å². The summed E-state index contributed by atoms with van der Waals surface area (Å²) in [5.41, 5.74) is 2.62. The Morgan fingerprint density at radius 2 is 2.30 bits per heavy atom. The Morgan fingerprint density at radius 3 is 3.20 bits per heavy atom. The van der Waals surface area contributed by atoms with E-state index in [1.54, 1.807) is 0 Å².